The molecule has 0 heterocycles. The maximum absolute atomic E-state index is 12.8. The molecule has 0 aliphatic rings. The third-order valence-electron chi connectivity index (χ3n) is 1.48. The van der Waals surface area contributed by atoms with Crippen LogP contribution in [0.3, 0.4) is 0 Å². The molecule has 0 spiro atoms. The maximum Gasteiger partial charge on any atom is 0.318 e. The summed E-state index contributed by atoms with van der Waals surface area (Å²) in [6.07, 6.45) is 0. The fraction of sp³-hybridized carbons (Fsp3) is 0.125. The molecular formula is C8H10FN2OP. The molecule has 1 atom stereocenters. The van der Waals surface area contributed by atoms with E-state index in [1.807, 2.05) is 0 Å². The van der Waals surface area contributed by atoms with Crippen LogP contribution in [-0.4, -0.2) is 13.1 Å². The summed E-state index contributed by atoms with van der Waals surface area (Å²) in [5.74, 6) is -0.313. The van der Waals surface area contributed by atoms with Gasteiger partial charge < -0.3 is 10.6 Å². The number of urea groups is 1. The quantitative estimate of drug-likeness (QED) is 0.654. The first kappa shape index (κ1) is 9.93. The van der Waals surface area contributed by atoms with E-state index in [-0.39, 0.29) is 11.8 Å². The van der Waals surface area contributed by atoms with Crippen LogP contribution in [0, 0.1) is 5.82 Å². The molecule has 2 N–H and O–H groups in total. The molecule has 2 amide bonds. The summed E-state index contributed by atoms with van der Waals surface area (Å²) >= 11 is 0. The highest BCUT2D eigenvalue weighted by molar-refractivity contribution is 7.27. The summed E-state index contributed by atoms with van der Waals surface area (Å²) in [5.41, 5.74) is 0.561. The van der Waals surface area contributed by atoms with Crippen molar-refractivity contribution in [3.63, 3.8) is 0 Å². The van der Waals surface area contributed by atoms with E-state index in [4.69, 9.17) is 0 Å². The Balaban J connectivity index is 2.79. The third-order valence-corrected chi connectivity index (χ3v) is 1.92. The van der Waals surface area contributed by atoms with Crippen molar-refractivity contribution in [1.29, 1.82) is 0 Å². The second kappa shape index (κ2) is 4.19. The second-order valence-electron chi connectivity index (χ2n) is 2.44. The number of anilines is 1. The van der Waals surface area contributed by atoms with Crippen molar-refractivity contribution in [2.24, 2.45) is 0 Å². The molecule has 3 nitrogen and oxygen atoms in total. The van der Waals surface area contributed by atoms with Crippen molar-refractivity contribution >= 4 is 26.3 Å². The molecule has 5 heteroatoms. The van der Waals surface area contributed by atoms with E-state index in [1.54, 1.807) is 0 Å². The van der Waals surface area contributed by atoms with E-state index in [9.17, 15) is 9.18 Å². The molecule has 70 valence electrons. The fourth-order valence-corrected chi connectivity index (χ4v) is 1.09. The summed E-state index contributed by atoms with van der Waals surface area (Å²) in [5, 5.41) is 5.35. The van der Waals surface area contributed by atoms with E-state index in [0.717, 1.165) is 0 Å². The summed E-state index contributed by atoms with van der Waals surface area (Å²) in [7, 11) is 3.77. The standard InChI is InChI=1S/C8H10FN2OP/c1-10-8(12)11-5-2-3-6(9)7(13)4-5/h2-4H,13H2,1H3,(H2,10,11,12). The zero-order chi connectivity index (χ0) is 9.84. The van der Waals surface area contributed by atoms with Crippen molar-refractivity contribution in [3.05, 3.63) is 24.0 Å². The highest BCUT2D eigenvalue weighted by atomic mass is 31.0. The van der Waals surface area contributed by atoms with Gasteiger partial charge in [0.25, 0.3) is 0 Å². The number of rotatable bonds is 1. The van der Waals surface area contributed by atoms with Crippen LogP contribution in [0.4, 0.5) is 14.9 Å². The lowest BCUT2D eigenvalue weighted by atomic mass is 10.3. The molecule has 0 saturated heterocycles. The van der Waals surface area contributed by atoms with Crippen molar-refractivity contribution in [2.45, 2.75) is 0 Å². The predicted octanol–water partition coefficient (Wildman–Crippen LogP) is 1.08. The Morgan fingerprint density at radius 3 is 2.77 bits per heavy atom. The molecule has 0 aliphatic heterocycles. The lowest BCUT2D eigenvalue weighted by Gasteiger charge is -2.04. The predicted molar refractivity (Wildman–Crippen MR) is 53.8 cm³/mol. The zero-order valence-corrected chi connectivity index (χ0v) is 8.25. The van der Waals surface area contributed by atoms with Gasteiger partial charge in [0.15, 0.2) is 0 Å². The fourth-order valence-electron chi connectivity index (χ4n) is 0.815. The number of nitrogens with one attached hydrogen (secondary N) is 2. The Labute approximate surface area is 77.9 Å². The summed E-state index contributed by atoms with van der Waals surface area (Å²) in [4.78, 5) is 10.9. The van der Waals surface area contributed by atoms with Gasteiger partial charge in [-0.3, -0.25) is 0 Å². The molecule has 13 heavy (non-hydrogen) atoms. The molecule has 1 rings (SSSR count). The number of benzene rings is 1. The van der Waals surface area contributed by atoms with Crippen LogP contribution >= 0.6 is 9.24 Å². The van der Waals surface area contributed by atoms with E-state index < -0.39 is 0 Å². The van der Waals surface area contributed by atoms with Crippen LogP contribution < -0.4 is 15.9 Å². The van der Waals surface area contributed by atoms with Crippen LogP contribution in [0.2, 0.25) is 0 Å². The molecule has 0 saturated carbocycles. The average Bonchev–Trinajstić information content (AvgIpc) is 2.11. The highest BCUT2D eigenvalue weighted by Gasteiger charge is 2.01. The topological polar surface area (TPSA) is 41.1 Å². The number of carbonyl (C=O) groups is 1. The van der Waals surface area contributed by atoms with Gasteiger partial charge in [-0.05, 0) is 18.2 Å². The lowest BCUT2D eigenvalue weighted by molar-refractivity contribution is 0.254. The van der Waals surface area contributed by atoms with Gasteiger partial charge in [0.2, 0.25) is 0 Å². The number of halogens is 1. The Morgan fingerprint density at radius 1 is 1.54 bits per heavy atom. The van der Waals surface area contributed by atoms with Crippen LogP contribution in [-0.2, 0) is 0 Å². The first-order valence-electron chi connectivity index (χ1n) is 3.67. The van der Waals surface area contributed by atoms with Crippen molar-refractivity contribution in [3.8, 4) is 0 Å². The van der Waals surface area contributed by atoms with Crippen molar-refractivity contribution in [2.75, 3.05) is 12.4 Å². The van der Waals surface area contributed by atoms with Crippen LogP contribution in [0.15, 0.2) is 18.2 Å². The van der Waals surface area contributed by atoms with Gasteiger partial charge in [0, 0.05) is 18.0 Å². The molecule has 0 fully saturated rings. The summed E-state index contributed by atoms with van der Waals surface area (Å²) in [6, 6.07) is 4.01. The molecule has 1 aromatic carbocycles. The second-order valence-corrected chi connectivity index (χ2v) is 3.06. The normalized spacial score (nSPS) is 9.46. The summed E-state index contributed by atoms with van der Waals surface area (Å²) in [6.45, 7) is 0. The third kappa shape index (κ3) is 2.67. The minimum atomic E-state index is -0.323. The van der Waals surface area contributed by atoms with Gasteiger partial charge in [-0.15, -0.1) is 9.24 Å². The van der Waals surface area contributed by atoms with E-state index in [0.29, 0.717) is 11.0 Å². The molecule has 0 aromatic heterocycles. The van der Waals surface area contributed by atoms with Crippen molar-refractivity contribution < 1.29 is 9.18 Å². The number of hydrogen-bond donors (Lipinski definition) is 2. The Bertz CT molecular complexity index is 330. The maximum atomic E-state index is 12.8. The molecule has 1 unspecified atom stereocenters. The smallest absolute Gasteiger partial charge is 0.318 e. The van der Waals surface area contributed by atoms with Gasteiger partial charge in [-0.25, -0.2) is 9.18 Å². The van der Waals surface area contributed by atoms with Gasteiger partial charge in [0.05, 0.1) is 0 Å². The Hall–Kier alpha value is -1.15. The monoisotopic (exact) mass is 200 g/mol. The summed E-state index contributed by atoms with van der Waals surface area (Å²) < 4.78 is 12.8. The number of carbonyl (C=O) groups excluding carboxylic acids is 1. The van der Waals surface area contributed by atoms with Gasteiger partial charge in [-0.2, -0.15) is 0 Å². The molecule has 0 bridgehead atoms. The van der Waals surface area contributed by atoms with Gasteiger partial charge in [0.1, 0.15) is 5.82 Å². The van der Waals surface area contributed by atoms with Gasteiger partial charge >= 0.3 is 6.03 Å². The van der Waals surface area contributed by atoms with E-state index in [1.165, 1.54) is 25.2 Å². The Morgan fingerprint density at radius 2 is 2.23 bits per heavy atom. The first-order chi connectivity index (χ1) is 6.13. The van der Waals surface area contributed by atoms with Gasteiger partial charge in [-0.1, -0.05) is 0 Å². The molecule has 0 aliphatic carbocycles. The molecule has 1 aromatic rings. The highest BCUT2D eigenvalue weighted by Crippen LogP contribution is 2.08. The average molecular weight is 200 g/mol. The van der Waals surface area contributed by atoms with E-state index >= 15 is 0 Å². The van der Waals surface area contributed by atoms with Crippen LogP contribution in [0.25, 0.3) is 0 Å². The van der Waals surface area contributed by atoms with Crippen LogP contribution in [0.5, 0.6) is 0 Å². The lowest BCUT2D eigenvalue weighted by Crippen LogP contribution is -2.24. The van der Waals surface area contributed by atoms with E-state index in [2.05, 4.69) is 19.9 Å². The minimum absolute atomic E-state index is 0.313. The Kier molecular flexibility index (Phi) is 3.20. The first-order valence-corrected chi connectivity index (χ1v) is 4.25. The number of amides is 2. The molecular weight excluding hydrogens is 190 g/mol. The van der Waals surface area contributed by atoms with Crippen LogP contribution in [0.1, 0.15) is 0 Å². The number of hydrogen-bond acceptors (Lipinski definition) is 1. The SMILES string of the molecule is CNC(=O)Nc1ccc(F)c(P)c1. The zero-order valence-electron chi connectivity index (χ0n) is 7.10. The minimum Gasteiger partial charge on any atom is -0.341 e. The largest absolute Gasteiger partial charge is 0.341 e. The van der Waals surface area contributed by atoms with Crippen molar-refractivity contribution in [1.82, 2.24) is 5.32 Å². The molecule has 0 radical (unpaired) electrons.